The maximum absolute atomic E-state index is 6.05. The van der Waals surface area contributed by atoms with Gasteiger partial charge in [-0.25, -0.2) is 0 Å². The van der Waals surface area contributed by atoms with Crippen molar-refractivity contribution < 1.29 is 4.74 Å². The number of hydrogen-bond donors (Lipinski definition) is 0. The minimum atomic E-state index is 0.244. The van der Waals surface area contributed by atoms with E-state index in [4.69, 9.17) is 16.3 Å². The molecule has 1 fully saturated rings. The van der Waals surface area contributed by atoms with Gasteiger partial charge in [0.15, 0.2) is 0 Å². The maximum atomic E-state index is 6.05. The average molecular weight is 163 g/mol. The van der Waals surface area contributed by atoms with E-state index in [9.17, 15) is 0 Å². The summed E-state index contributed by atoms with van der Waals surface area (Å²) < 4.78 is 5.52. The Balaban J connectivity index is 2.40. The van der Waals surface area contributed by atoms with E-state index in [-0.39, 0.29) is 11.5 Å². The Kier molecular flexibility index (Phi) is 2.99. The summed E-state index contributed by atoms with van der Waals surface area (Å²) in [6, 6.07) is 0. The molecule has 0 aromatic heterocycles. The molecule has 0 bridgehead atoms. The Labute approximate surface area is 67.7 Å². The first-order valence-corrected chi connectivity index (χ1v) is 4.41. The van der Waals surface area contributed by atoms with Gasteiger partial charge in [-0.15, -0.1) is 11.6 Å². The Morgan fingerprint density at radius 1 is 1.50 bits per heavy atom. The van der Waals surface area contributed by atoms with E-state index in [2.05, 4.69) is 13.8 Å². The van der Waals surface area contributed by atoms with Crippen molar-refractivity contribution in [3.63, 3.8) is 0 Å². The second-order valence-corrected chi connectivity index (χ2v) is 3.80. The van der Waals surface area contributed by atoms with Crippen molar-refractivity contribution in [1.29, 1.82) is 0 Å². The molecule has 0 unspecified atom stereocenters. The normalized spacial score (nSPS) is 34.8. The monoisotopic (exact) mass is 162 g/mol. The third kappa shape index (κ3) is 1.86. The van der Waals surface area contributed by atoms with Gasteiger partial charge in [0, 0.05) is 6.61 Å². The zero-order valence-corrected chi connectivity index (χ0v) is 7.40. The fraction of sp³-hybridized carbons (Fsp3) is 1.00. The van der Waals surface area contributed by atoms with Crippen LogP contribution >= 0.6 is 11.6 Å². The molecule has 0 N–H and O–H groups in total. The summed E-state index contributed by atoms with van der Waals surface area (Å²) in [5.41, 5.74) is 0. The molecule has 2 atom stereocenters. The van der Waals surface area contributed by atoms with E-state index in [1.807, 2.05) is 0 Å². The van der Waals surface area contributed by atoms with Crippen LogP contribution in [0.5, 0.6) is 0 Å². The van der Waals surface area contributed by atoms with E-state index in [1.54, 1.807) is 0 Å². The van der Waals surface area contributed by atoms with Gasteiger partial charge < -0.3 is 4.74 Å². The molecule has 0 aromatic rings. The molecule has 2 heteroatoms. The third-order valence-electron chi connectivity index (χ3n) is 1.95. The zero-order chi connectivity index (χ0) is 7.56. The fourth-order valence-corrected chi connectivity index (χ4v) is 1.89. The van der Waals surface area contributed by atoms with Gasteiger partial charge >= 0.3 is 0 Å². The van der Waals surface area contributed by atoms with Gasteiger partial charge in [0.25, 0.3) is 0 Å². The standard InChI is InChI=1S/C8H15ClO/c1-6(2)8-7(9)4-3-5-10-8/h6-8H,3-5H2,1-2H3/t7-,8-/m0/s1. The van der Waals surface area contributed by atoms with Gasteiger partial charge in [-0.05, 0) is 18.8 Å². The van der Waals surface area contributed by atoms with E-state index < -0.39 is 0 Å². The minimum Gasteiger partial charge on any atom is -0.376 e. The highest BCUT2D eigenvalue weighted by atomic mass is 35.5. The lowest BCUT2D eigenvalue weighted by Crippen LogP contribution is -2.34. The number of hydrogen-bond acceptors (Lipinski definition) is 1. The lowest BCUT2D eigenvalue weighted by atomic mass is 9.99. The van der Waals surface area contributed by atoms with Gasteiger partial charge in [0.2, 0.25) is 0 Å². The molecule has 0 amide bonds. The fourth-order valence-electron chi connectivity index (χ4n) is 1.38. The molecule has 0 radical (unpaired) electrons. The van der Waals surface area contributed by atoms with E-state index in [1.165, 1.54) is 0 Å². The lowest BCUT2D eigenvalue weighted by molar-refractivity contribution is -0.00821. The van der Waals surface area contributed by atoms with E-state index in [0.29, 0.717) is 5.92 Å². The summed E-state index contributed by atoms with van der Waals surface area (Å²) >= 11 is 6.05. The van der Waals surface area contributed by atoms with Crippen LogP contribution < -0.4 is 0 Å². The molecule has 1 rings (SSSR count). The van der Waals surface area contributed by atoms with Crippen molar-refractivity contribution in [1.82, 2.24) is 0 Å². The zero-order valence-electron chi connectivity index (χ0n) is 6.64. The Bertz CT molecular complexity index is 103. The number of ether oxygens (including phenoxy) is 1. The first-order valence-electron chi connectivity index (χ1n) is 3.97. The molecule has 1 nitrogen and oxygen atoms in total. The molecule has 0 aliphatic carbocycles. The molecule has 1 aliphatic heterocycles. The summed E-state index contributed by atoms with van der Waals surface area (Å²) in [4.78, 5) is 0. The van der Waals surface area contributed by atoms with Gasteiger partial charge in [-0.2, -0.15) is 0 Å². The molecule has 0 aromatic carbocycles. The Morgan fingerprint density at radius 2 is 2.20 bits per heavy atom. The second-order valence-electron chi connectivity index (χ2n) is 3.24. The van der Waals surface area contributed by atoms with Gasteiger partial charge in [-0.3, -0.25) is 0 Å². The quantitative estimate of drug-likeness (QED) is 0.539. The molecule has 0 spiro atoms. The molecular formula is C8H15ClO. The van der Waals surface area contributed by atoms with Gasteiger partial charge in [-0.1, -0.05) is 13.8 Å². The van der Waals surface area contributed by atoms with Crippen molar-refractivity contribution in [2.24, 2.45) is 5.92 Å². The number of rotatable bonds is 1. The molecule has 60 valence electrons. The summed E-state index contributed by atoms with van der Waals surface area (Å²) in [7, 11) is 0. The van der Waals surface area contributed by atoms with Crippen molar-refractivity contribution in [2.45, 2.75) is 38.2 Å². The van der Waals surface area contributed by atoms with Crippen LogP contribution in [0.4, 0.5) is 0 Å². The van der Waals surface area contributed by atoms with Crippen LogP contribution in [0.3, 0.4) is 0 Å². The summed E-state index contributed by atoms with van der Waals surface area (Å²) in [6.07, 6.45) is 2.53. The second kappa shape index (κ2) is 3.59. The van der Waals surface area contributed by atoms with Crippen molar-refractivity contribution in [3.05, 3.63) is 0 Å². The van der Waals surface area contributed by atoms with E-state index in [0.717, 1.165) is 19.4 Å². The van der Waals surface area contributed by atoms with Crippen LogP contribution in [0.15, 0.2) is 0 Å². The lowest BCUT2D eigenvalue weighted by Gasteiger charge is -2.30. The highest BCUT2D eigenvalue weighted by Gasteiger charge is 2.26. The Hall–Kier alpha value is 0.250. The van der Waals surface area contributed by atoms with Crippen molar-refractivity contribution in [2.75, 3.05) is 6.61 Å². The van der Waals surface area contributed by atoms with Gasteiger partial charge in [0.05, 0.1) is 11.5 Å². The number of halogens is 1. The first-order chi connectivity index (χ1) is 4.72. The van der Waals surface area contributed by atoms with Crippen LogP contribution in [0.25, 0.3) is 0 Å². The Morgan fingerprint density at radius 3 is 2.60 bits per heavy atom. The first kappa shape index (κ1) is 8.35. The topological polar surface area (TPSA) is 9.23 Å². The maximum Gasteiger partial charge on any atom is 0.0761 e. The number of alkyl halides is 1. The average Bonchev–Trinajstić information content (AvgIpc) is 1.88. The van der Waals surface area contributed by atoms with Crippen LogP contribution in [0.2, 0.25) is 0 Å². The van der Waals surface area contributed by atoms with Crippen LogP contribution in [-0.4, -0.2) is 18.1 Å². The van der Waals surface area contributed by atoms with E-state index >= 15 is 0 Å². The van der Waals surface area contributed by atoms with Crippen LogP contribution in [-0.2, 0) is 4.74 Å². The molecular weight excluding hydrogens is 148 g/mol. The molecule has 10 heavy (non-hydrogen) atoms. The molecule has 1 saturated heterocycles. The van der Waals surface area contributed by atoms with Crippen LogP contribution in [0.1, 0.15) is 26.7 Å². The molecule has 1 aliphatic rings. The highest BCUT2D eigenvalue weighted by Crippen LogP contribution is 2.24. The molecule has 1 heterocycles. The van der Waals surface area contributed by atoms with Gasteiger partial charge in [0.1, 0.15) is 0 Å². The third-order valence-corrected chi connectivity index (χ3v) is 2.41. The predicted octanol–water partition coefficient (Wildman–Crippen LogP) is 2.43. The predicted molar refractivity (Wildman–Crippen MR) is 43.5 cm³/mol. The molecule has 0 saturated carbocycles. The highest BCUT2D eigenvalue weighted by molar-refractivity contribution is 6.21. The SMILES string of the molecule is CC(C)[C@@H]1OCCC[C@@H]1Cl. The summed E-state index contributed by atoms with van der Waals surface area (Å²) in [5, 5.41) is 0.244. The van der Waals surface area contributed by atoms with Crippen molar-refractivity contribution in [3.8, 4) is 0 Å². The summed E-state index contributed by atoms with van der Waals surface area (Å²) in [6.45, 7) is 5.21. The summed E-state index contributed by atoms with van der Waals surface area (Å²) in [5.74, 6) is 0.558. The van der Waals surface area contributed by atoms with Crippen molar-refractivity contribution >= 4 is 11.6 Å². The minimum absolute atomic E-state index is 0.244. The largest absolute Gasteiger partial charge is 0.376 e. The van der Waals surface area contributed by atoms with Crippen LogP contribution in [0, 0.1) is 5.92 Å². The smallest absolute Gasteiger partial charge is 0.0761 e.